The van der Waals surface area contributed by atoms with E-state index in [4.69, 9.17) is 14.5 Å². The monoisotopic (exact) mass is 530 g/mol. The highest BCUT2D eigenvalue weighted by atomic mass is 19.3. The number of hydrogen-bond acceptors (Lipinski definition) is 6. The third kappa shape index (κ3) is 5.54. The van der Waals surface area contributed by atoms with Gasteiger partial charge < -0.3 is 20.1 Å². The van der Waals surface area contributed by atoms with Crippen LogP contribution in [-0.2, 0) is 21.8 Å². The van der Waals surface area contributed by atoms with Gasteiger partial charge in [0.2, 0.25) is 0 Å². The highest BCUT2D eigenvalue weighted by Crippen LogP contribution is 2.45. The zero-order valence-electron chi connectivity index (χ0n) is 22.4. The van der Waals surface area contributed by atoms with Gasteiger partial charge in [0, 0.05) is 30.1 Å². The van der Waals surface area contributed by atoms with Gasteiger partial charge in [0.15, 0.2) is 6.29 Å². The number of benzene rings is 1. The summed E-state index contributed by atoms with van der Waals surface area (Å²) in [4.78, 5) is 9.33. The second-order valence-corrected chi connectivity index (χ2v) is 11.2. The summed E-state index contributed by atoms with van der Waals surface area (Å²) in [6, 6.07) is 3.40. The number of alkyl halides is 2. The Balaban J connectivity index is 1.43. The Morgan fingerprint density at radius 2 is 1.82 bits per heavy atom. The first-order chi connectivity index (χ1) is 18.0. The van der Waals surface area contributed by atoms with Crippen LogP contribution in [-0.4, -0.2) is 28.7 Å². The Hall–Kier alpha value is -2.65. The summed E-state index contributed by atoms with van der Waals surface area (Å²) in [6.45, 7) is 9.39. The quantitative estimate of drug-likeness (QED) is 0.380. The van der Waals surface area contributed by atoms with Gasteiger partial charge in [-0.15, -0.1) is 0 Å². The van der Waals surface area contributed by atoms with Crippen LogP contribution in [0.5, 0.6) is 0 Å². The first-order valence-electron chi connectivity index (χ1n) is 13.5. The van der Waals surface area contributed by atoms with Crippen molar-refractivity contribution in [2.45, 2.75) is 89.5 Å². The lowest BCUT2D eigenvalue weighted by Crippen LogP contribution is -2.51. The minimum absolute atomic E-state index is 0.105. The van der Waals surface area contributed by atoms with Crippen molar-refractivity contribution >= 4 is 5.82 Å². The SMILES string of the molecule is C=C(Cc1nc(C)nc(NC(C)c2cccc(C(C)(F)F)c2F)c1C1OCCO1)NC12CCC(CC1)CC2. The molecule has 1 unspecified atom stereocenters. The van der Waals surface area contributed by atoms with E-state index in [1.807, 2.05) is 0 Å². The van der Waals surface area contributed by atoms with Crippen LogP contribution in [0.2, 0.25) is 0 Å². The number of nitrogens with zero attached hydrogens (tertiary/aromatic N) is 2. The Kier molecular flexibility index (Phi) is 7.44. The van der Waals surface area contributed by atoms with Crippen molar-refractivity contribution in [2.24, 2.45) is 5.92 Å². The lowest BCUT2D eigenvalue weighted by Gasteiger charge is -2.48. The van der Waals surface area contributed by atoms with E-state index in [9.17, 15) is 8.78 Å². The Morgan fingerprint density at radius 3 is 2.45 bits per heavy atom. The molecule has 0 radical (unpaired) electrons. The fraction of sp³-hybridized carbons (Fsp3) is 0.586. The summed E-state index contributed by atoms with van der Waals surface area (Å²) in [5.74, 6) is -2.40. The number of allylic oxidation sites excluding steroid dienone is 1. The standard InChI is InChI=1S/C29H37F3N4O2/c1-17(36-29-11-8-20(9-12-29)10-13-29)16-23-24(27-37-14-15-38-27)26(35-19(3)34-23)33-18(2)21-6-5-7-22(25(21)30)28(4,31)32/h5-7,18,20,27,36H,1,8-16H2,2-4H3,(H,33,34,35). The van der Waals surface area contributed by atoms with E-state index in [-0.39, 0.29) is 11.1 Å². The number of aryl methyl sites for hydroxylation is 1. The highest BCUT2D eigenvalue weighted by molar-refractivity contribution is 5.51. The number of aromatic nitrogens is 2. The molecule has 3 saturated carbocycles. The Morgan fingerprint density at radius 1 is 1.16 bits per heavy atom. The van der Waals surface area contributed by atoms with Crippen molar-refractivity contribution in [3.8, 4) is 0 Å². The zero-order chi connectivity index (χ0) is 27.1. The van der Waals surface area contributed by atoms with Crippen LogP contribution in [0.25, 0.3) is 0 Å². The van der Waals surface area contributed by atoms with E-state index < -0.39 is 29.6 Å². The summed E-state index contributed by atoms with van der Waals surface area (Å²) in [7, 11) is 0. The van der Waals surface area contributed by atoms with Crippen LogP contribution in [0.4, 0.5) is 19.0 Å². The lowest BCUT2D eigenvalue weighted by molar-refractivity contribution is -0.0446. The molecule has 3 aliphatic carbocycles. The second-order valence-electron chi connectivity index (χ2n) is 11.2. The number of hydrogen-bond donors (Lipinski definition) is 2. The third-order valence-corrected chi connectivity index (χ3v) is 8.23. The first kappa shape index (κ1) is 26.9. The molecule has 1 aromatic heterocycles. The van der Waals surface area contributed by atoms with E-state index in [0.29, 0.717) is 49.5 Å². The number of nitrogens with one attached hydrogen (secondary N) is 2. The van der Waals surface area contributed by atoms with Crippen molar-refractivity contribution in [1.29, 1.82) is 0 Å². The summed E-state index contributed by atoms with van der Waals surface area (Å²) in [6.07, 6.45) is 7.03. The first-order valence-corrected chi connectivity index (χ1v) is 13.5. The molecule has 1 atom stereocenters. The van der Waals surface area contributed by atoms with E-state index in [1.165, 1.54) is 31.4 Å². The molecule has 1 saturated heterocycles. The molecular weight excluding hydrogens is 493 g/mol. The fourth-order valence-corrected chi connectivity index (χ4v) is 6.22. The van der Waals surface area contributed by atoms with Crippen LogP contribution in [0.3, 0.4) is 0 Å². The van der Waals surface area contributed by atoms with E-state index in [0.717, 1.165) is 36.9 Å². The molecular formula is C29H37F3N4O2. The number of ether oxygens (including phenoxy) is 2. The molecule has 2 bridgehead atoms. The molecule has 0 amide bonds. The maximum atomic E-state index is 15.1. The summed E-state index contributed by atoms with van der Waals surface area (Å²) < 4.78 is 54.8. The van der Waals surface area contributed by atoms with Gasteiger partial charge in [-0.25, -0.2) is 23.1 Å². The number of halogens is 3. The van der Waals surface area contributed by atoms with Gasteiger partial charge in [0.1, 0.15) is 17.5 Å². The van der Waals surface area contributed by atoms with E-state index in [2.05, 4.69) is 22.2 Å². The topological polar surface area (TPSA) is 68.3 Å². The molecule has 2 N–H and O–H groups in total. The zero-order valence-corrected chi connectivity index (χ0v) is 22.4. The predicted molar refractivity (Wildman–Crippen MR) is 139 cm³/mol. The minimum Gasteiger partial charge on any atom is -0.383 e. The molecule has 4 fully saturated rings. The van der Waals surface area contributed by atoms with Crippen LogP contribution < -0.4 is 10.6 Å². The van der Waals surface area contributed by atoms with Gasteiger partial charge >= 0.3 is 0 Å². The summed E-state index contributed by atoms with van der Waals surface area (Å²) in [5.41, 5.74) is 1.82. The lowest BCUT2D eigenvalue weighted by atomic mass is 9.65. The van der Waals surface area contributed by atoms with Gasteiger partial charge in [-0.05, 0) is 58.3 Å². The van der Waals surface area contributed by atoms with Crippen molar-refractivity contribution in [2.75, 3.05) is 18.5 Å². The largest absolute Gasteiger partial charge is 0.383 e. The third-order valence-electron chi connectivity index (χ3n) is 8.23. The molecule has 6 rings (SSSR count). The average molecular weight is 531 g/mol. The van der Waals surface area contributed by atoms with Gasteiger partial charge in [-0.1, -0.05) is 24.8 Å². The van der Waals surface area contributed by atoms with Gasteiger partial charge in [-0.3, -0.25) is 0 Å². The van der Waals surface area contributed by atoms with Crippen molar-refractivity contribution in [1.82, 2.24) is 15.3 Å². The van der Waals surface area contributed by atoms with Crippen LogP contribution in [0, 0.1) is 18.7 Å². The molecule has 4 aliphatic rings. The molecule has 9 heteroatoms. The summed E-state index contributed by atoms with van der Waals surface area (Å²) >= 11 is 0. The number of rotatable bonds is 9. The van der Waals surface area contributed by atoms with Crippen LogP contribution in [0.1, 0.15) is 92.9 Å². The fourth-order valence-electron chi connectivity index (χ4n) is 6.22. The molecule has 38 heavy (non-hydrogen) atoms. The molecule has 1 aliphatic heterocycles. The van der Waals surface area contributed by atoms with Crippen molar-refractivity contribution in [3.05, 3.63) is 64.5 Å². The molecule has 0 spiro atoms. The predicted octanol–water partition coefficient (Wildman–Crippen LogP) is 6.62. The number of fused-ring (bicyclic) bond motifs is 3. The second kappa shape index (κ2) is 10.5. The van der Waals surface area contributed by atoms with Crippen molar-refractivity contribution in [3.63, 3.8) is 0 Å². The molecule has 2 aromatic rings. The smallest absolute Gasteiger partial charge is 0.273 e. The van der Waals surface area contributed by atoms with Crippen LogP contribution >= 0.6 is 0 Å². The van der Waals surface area contributed by atoms with E-state index >= 15 is 4.39 Å². The Bertz CT molecular complexity index is 1170. The summed E-state index contributed by atoms with van der Waals surface area (Å²) in [5, 5.41) is 6.98. The average Bonchev–Trinajstić information content (AvgIpc) is 3.38. The maximum absolute atomic E-state index is 15.1. The van der Waals surface area contributed by atoms with Crippen molar-refractivity contribution < 1.29 is 22.6 Å². The van der Waals surface area contributed by atoms with Gasteiger partial charge in [-0.2, -0.15) is 0 Å². The molecule has 2 heterocycles. The van der Waals surface area contributed by atoms with Gasteiger partial charge in [0.05, 0.1) is 36.1 Å². The Labute approximate surface area is 222 Å². The molecule has 6 nitrogen and oxygen atoms in total. The molecule has 1 aromatic carbocycles. The minimum atomic E-state index is -3.29. The highest BCUT2D eigenvalue weighted by Gasteiger charge is 2.40. The maximum Gasteiger partial charge on any atom is 0.273 e. The number of anilines is 1. The van der Waals surface area contributed by atoms with E-state index in [1.54, 1.807) is 13.8 Å². The molecule has 206 valence electrons. The van der Waals surface area contributed by atoms with Crippen LogP contribution in [0.15, 0.2) is 30.5 Å². The normalized spacial score (nSPS) is 24.4. The van der Waals surface area contributed by atoms with Gasteiger partial charge in [0.25, 0.3) is 5.92 Å².